The summed E-state index contributed by atoms with van der Waals surface area (Å²) < 4.78 is 0. The molecule has 0 saturated carbocycles. The highest BCUT2D eigenvalue weighted by molar-refractivity contribution is 5.77. The van der Waals surface area contributed by atoms with E-state index in [-0.39, 0.29) is 11.8 Å². The second kappa shape index (κ2) is 6.89. The fourth-order valence-corrected chi connectivity index (χ4v) is 0.969. The first-order valence-electron chi connectivity index (χ1n) is 4.96. The van der Waals surface area contributed by atoms with Crippen LogP contribution in [0.4, 0.5) is 0 Å². The molecule has 0 heterocycles. The van der Waals surface area contributed by atoms with Crippen LogP contribution in [0, 0.1) is 5.92 Å². The highest BCUT2D eigenvalue weighted by atomic mass is 16.1. The van der Waals surface area contributed by atoms with Crippen molar-refractivity contribution >= 4 is 5.91 Å². The fourth-order valence-electron chi connectivity index (χ4n) is 0.969. The average molecular weight is 186 g/mol. The Labute approximate surface area is 81.5 Å². The van der Waals surface area contributed by atoms with Crippen molar-refractivity contribution in [2.45, 2.75) is 26.7 Å². The van der Waals surface area contributed by atoms with E-state index in [0.29, 0.717) is 0 Å². The minimum absolute atomic E-state index is 0.105. The zero-order chi connectivity index (χ0) is 10.3. The molecule has 0 aliphatic heterocycles. The summed E-state index contributed by atoms with van der Waals surface area (Å²) in [5, 5.41) is 2.90. The van der Waals surface area contributed by atoms with Crippen LogP contribution in [0.2, 0.25) is 0 Å². The number of hydrogen-bond donors (Lipinski definition) is 1. The lowest BCUT2D eigenvalue weighted by Crippen LogP contribution is -2.29. The molecule has 0 rings (SSSR count). The van der Waals surface area contributed by atoms with Crippen molar-refractivity contribution in [2.24, 2.45) is 5.92 Å². The van der Waals surface area contributed by atoms with Gasteiger partial charge in [-0.05, 0) is 33.5 Å². The molecule has 0 fully saturated rings. The molecular formula is C10H22N2O. The van der Waals surface area contributed by atoms with Crippen LogP contribution in [0.1, 0.15) is 26.7 Å². The topological polar surface area (TPSA) is 32.3 Å². The Kier molecular flexibility index (Phi) is 6.59. The van der Waals surface area contributed by atoms with Crippen molar-refractivity contribution < 1.29 is 4.79 Å². The highest BCUT2D eigenvalue weighted by Crippen LogP contribution is 1.92. The summed E-state index contributed by atoms with van der Waals surface area (Å²) >= 11 is 0. The average Bonchev–Trinajstić information content (AvgIpc) is 2.02. The first-order chi connectivity index (χ1) is 6.04. The zero-order valence-corrected chi connectivity index (χ0v) is 9.26. The van der Waals surface area contributed by atoms with E-state index in [1.807, 2.05) is 13.8 Å². The maximum Gasteiger partial charge on any atom is 0.222 e. The maximum absolute atomic E-state index is 11.1. The standard InChI is InChI=1S/C10H22N2O/c1-9(2)10(13)11-7-5-6-8-12(3)4/h9H,5-8H2,1-4H3,(H,11,13). The molecule has 1 amide bonds. The third kappa shape index (κ3) is 7.78. The van der Waals surface area contributed by atoms with Gasteiger partial charge in [-0.25, -0.2) is 0 Å². The van der Waals surface area contributed by atoms with Crippen molar-refractivity contribution in [3.63, 3.8) is 0 Å². The Bertz CT molecular complexity index is 144. The predicted molar refractivity (Wildman–Crippen MR) is 55.6 cm³/mol. The molecule has 13 heavy (non-hydrogen) atoms. The first kappa shape index (κ1) is 12.4. The number of nitrogens with one attached hydrogen (secondary N) is 1. The first-order valence-corrected chi connectivity index (χ1v) is 4.96. The molecule has 0 aromatic rings. The van der Waals surface area contributed by atoms with Crippen LogP contribution in [0.3, 0.4) is 0 Å². The van der Waals surface area contributed by atoms with Crippen LogP contribution >= 0.6 is 0 Å². The number of carbonyl (C=O) groups is 1. The number of amides is 1. The smallest absolute Gasteiger partial charge is 0.222 e. The van der Waals surface area contributed by atoms with E-state index in [4.69, 9.17) is 0 Å². The third-order valence-corrected chi connectivity index (χ3v) is 1.86. The third-order valence-electron chi connectivity index (χ3n) is 1.86. The molecule has 1 N–H and O–H groups in total. The van der Waals surface area contributed by atoms with E-state index in [1.54, 1.807) is 0 Å². The van der Waals surface area contributed by atoms with Crippen molar-refractivity contribution in [3.05, 3.63) is 0 Å². The van der Waals surface area contributed by atoms with E-state index in [0.717, 1.165) is 25.9 Å². The van der Waals surface area contributed by atoms with Gasteiger partial charge >= 0.3 is 0 Å². The molecule has 0 radical (unpaired) electrons. The van der Waals surface area contributed by atoms with Crippen molar-refractivity contribution in [3.8, 4) is 0 Å². The molecule has 0 aromatic carbocycles. The number of nitrogens with zero attached hydrogens (tertiary/aromatic N) is 1. The van der Waals surface area contributed by atoms with Gasteiger partial charge in [0.25, 0.3) is 0 Å². The molecule has 0 unspecified atom stereocenters. The second-order valence-electron chi connectivity index (χ2n) is 3.96. The number of rotatable bonds is 6. The fraction of sp³-hybridized carbons (Fsp3) is 0.900. The normalized spacial score (nSPS) is 10.9. The van der Waals surface area contributed by atoms with Gasteiger partial charge in [0.2, 0.25) is 5.91 Å². The molecule has 0 atom stereocenters. The largest absolute Gasteiger partial charge is 0.356 e. The van der Waals surface area contributed by atoms with Gasteiger partial charge in [0, 0.05) is 12.5 Å². The van der Waals surface area contributed by atoms with Crippen LogP contribution in [0.15, 0.2) is 0 Å². The van der Waals surface area contributed by atoms with Crippen LogP contribution in [-0.4, -0.2) is 38.0 Å². The Morgan fingerprint density at radius 2 is 1.92 bits per heavy atom. The van der Waals surface area contributed by atoms with E-state index >= 15 is 0 Å². The van der Waals surface area contributed by atoms with E-state index < -0.39 is 0 Å². The van der Waals surface area contributed by atoms with Crippen LogP contribution in [0.25, 0.3) is 0 Å². The second-order valence-corrected chi connectivity index (χ2v) is 3.96. The maximum atomic E-state index is 11.1. The molecule has 0 spiro atoms. The Morgan fingerprint density at radius 3 is 2.38 bits per heavy atom. The van der Waals surface area contributed by atoms with E-state index in [9.17, 15) is 4.79 Å². The summed E-state index contributed by atoms with van der Waals surface area (Å²) in [5.74, 6) is 0.263. The van der Waals surface area contributed by atoms with Crippen LogP contribution in [0.5, 0.6) is 0 Å². The summed E-state index contributed by atoms with van der Waals surface area (Å²) in [4.78, 5) is 13.3. The number of unbranched alkanes of at least 4 members (excludes halogenated alkanes) is 1. The van der Waals surface area contributed by atoms with Gasteiger partial charge in [-0.2, -0.15) is 0 Å². The molecule has 3 nitrogen and oxygen atoms in total. The Morgan fingerprint density at radius 1 is 1.31 bits per heavy atom. The van der Waals surface area contributed by atoms with Gasteiger partial charge in [-0.3, -0.25) is 4.79 Å². The lowest BCUT2D eigenvalue weighted by atomic mass is 10.2. The van der Waals surface area contributed by atoms with Crippen LogP contribution in [-0.2, 0) is 4.79 Å². The van der Waals surface area contributed by atoms with Crippen molar-refractivity contribution in [2.75, 3.05) is 27.2 Å². The van der Waals surface area contributed by atoms with Gasteiger partial charge in [0.15, 0.2) is 0 Å². The number of hydrogen-bond acceptors (Lipinski definition) is 2. The van der Waals surface area contributed by atoms with Gasteiger partial charge in [0.1, 0.15) is 0 Å². The van der Waals surface area contributed by atoms with Gasteiger partial charge in [-0.15, -0.1) is 0 Å². The highest BCUT2D eigenvalue weighted by Gasteiger charge is 2.04. The van der Waals surface area contributed by atoms with Gasteiger partial charge < -0.3 is 10.2 Å². The van der Waals surface area contributed by atoms with Crippen molar-refractivity contribution in [1.29, 1.82) is 0 Å². The summed E-state index contributed by atoms with van der Waals surface area (Å²) in [6.45, 7) is 5.73. The zero-order valence-electron chi connectivity index (χ0n) is 9.26. The molecule has 3 heteroatoms. The summed E-state index contributed by atoms with van der Waals surface area (Å²) in [6, 6.07) is 0. The van der Waals surface area contributed by atoms with E-state index in [2.05, 4.69) is 24.3 Å². The SMILES string of the molecule is CC(C)C(=O)NCCCCN(C)C. The summed E-state index contributed by atoms with van der Waals surface area (Å²) in [6.07, 6.45) is 2.21. The molecule has 0 aromatic heterocycles. The van der Waals surface area contributed by atoms with Gasteiger partial charge in [-0.1, -0.05) is 13.8 Å². The monoisotopic (exact) mass is 186 g/mol. The Hall–Kier alpha value is -0.570. The lowest BCUT2D eigenvalue weighted by molar-refractivity contribution is -0.123. The molecule has 0 bridgehead atoms. The number of carbonyl (C=O) groups excluding carboxylic acids is 1. The predicted octanol–water partition coefficient (Wildman–Crippen LogP) is 1.10. The molecule has 78 valence electrons. The van der Waals surface area contributed by atoms with Crippen molar-refractivity contribution in [1.82, 2.24) is 10.2 Å². The van der Waals surface area contributed by atoms with E-state index in [1.165, 1.54) is 0 Å². The summed E-state index contributed by atoms with van der Waals surface area (Å²) in [7, 11) is 4.12. The van der Waals surface area contributed by atoms with Crippen LogP contribution < -0.4 is 5.32 Å². The molecule has 0 saturated heterocycles. The minimum atomic E-state index is 0.105. The Balaban J connectivity index is 3.21. The summed E-state index contributed by atoms with van der Waals surface area (Å²) in [5.41, 5.74) is 0. The molecular weight excluding hydrogens is 164 g/mol. The molecule has 0 aliphatic rings. The minimum Gasteiger partial charge on any atom is -0.356 e. The lowest BCUT2D eigenvalue weighted by Gasteiger charge is -2.10. The van der Waals surface area contributed by atoms with Gasteiger partial charge in [0.05, 0.1) is 0 Å². The molecule has 0 aliphatic carbocycles. The quantitative estimate of drug-likeness (QED) is 0.630.